The molecule has 0 aromatic carbocycles. The Bertz CT molecular complexity index is 355. The van der Waals surface area contributed by atoms with E-state index < -0.39 is 5.97 Å². The standard InChI is InChI=1S/C12H18N2O3/c15-8-4-2-1-3-6-13-11-9-10(12(16)17)5-7-14-11/h5,7,9,15H,1-4,6,8H2,(H,13,14)(H,16,17). The van der Waals surface area contributed by atoms with Crippen LogP contribution in [0, 0.1) is 0 Å². The Morgan fingerprint density at radius 1 is 1.29 bits per heavy atom. The van der Waals surface area contributed by atoms with Crippen molar-refractivity contribution in [3.8, 4) is 0 Å². The number of aromatic carboxylic acids is 1. The molecule has 1 heterocycles. The van der Waals surface area contributed by atoms with Gasteiger partial charge in [-0.05, 0) is 25.0 Å². The summed E-state index contributed by atoms with van der Waals surface area (Å²) in [6, 6.07) is 2.99. The summed E-state index contributed by atoms with van der Waals surface area (Å²) < 4.78 is 0. The van der Waals surface area contributed by atoms with E-state index in [0.717, 1.165) is 32.2 Å². The molecule has 0 amide bonds. The first-order chi connectivity index (χ1) is 8.24. The van der Waals surface area contributed by atoms with Crippen molar-refractivity contribution in [3.05, 3.63) is 23.9 Å². The Kier molecular flexibility index (Phi) is 6.03. The Morgan fingerprint density at radius 2 is 2.06 bits per heavy atom. The highest BCUT2D eigenvalue weighted by molar-refractivity contribution is 5.88. The van der Waals surface area contributed by atoms with Gasteiger partial charge >= 0.3 is 5.97 Å². The normalized spacial score (nSPS) is 10.2. The third kappa shape index (κ3) is 5.31. The molecule has 0 aliphatic carbocycles. The zero-order valence-corrected chi connectivity index (χ0v) is 9.72. The molecule has 3 N–H and O–H groups in total. The number of carboxylic acids is 1. The Hall–Kier alpha value is -1.62. The smallest absolute Gasteiger partial charge is 0.335 e. The van der Waals surface area contributed by atoms with E-state index in [-0.39, 0.29) is 12.2 Å². The molecule has 1 aromatic heterocycles. The fourth-order valence-electron chi connectivity index (χ4n) is 1.47. The highest BCUT2D eigenvalue weighted by Crippen LogP contribution is 2.07. The van der Waals surface area contributed by atoms with Gasteiger partial charge in [-0.2, -0.15) is 0 Å². The fourth-order valence-corrected chi connectivity index (χ4v) is 1.47. The highest BCUT2D eigenvalue weighted by atomic mass is 16.4. The van der Waals surface area contributed by atoms with Crippen LogP contribution in [0.1, 0.15) is 36.0 Å². The summed E-state index contributed by atoms with van der Waals surface area (Å²) >= 11 is 0. The second-order valence-electron chi connectivity index (χ2n) is 3.80. The van der Waals surface area contributed by atoms with Crippen LogP contribution in [0.15, 0.2) is 18.3 Å². The van der Waals surface area contributed by atoms with E-state index in [9.17, 15) is 4.79 Å². The molecule has 0 saturated heterocycles. The van der Waals surface area contributed by atoms with Crippen molar-refractivity contribution in [1.82, 2.24) is 4.98 Å². The number of aromatic nitrogens is 1. The zero-order chi connectivity index (χ0) is 12.5. The molecule has 1 aromatic rings. The summed E-state index contributed by atoms with van der Waals surface area (Å²) in [5, 5.41) is 20.5. The maximum atomic E-state index is 10.7. The molecule has 0 unspecified atom stereocenters. The van der Waals surface area contributed by atoms with E-state index in [1.165, 1.54) is 18.3 Å². The topological polar surface area (TPSA) is 82.5 Å². The van der Waals surface area contributed by atoms with Gasteiger partial charge in [0.2, 0.25) is 0 Å². The van der Waals surface area contributed by atoms with E-state index in [2.05, 4.69) is 10.3 Å². The number of carboxylic acid groups (broad SMARTS) is 1. The summed E-state index contributed by atoms with van der Waals surface area (Å²) in [6.07, 6.45) is 5.37. The van der Waals surface area contributed by atoms with Gasteiger partial charge in [-0.3, -0.25) is 0 Å². The minimum Gasteiger partial charge on any atom is -0.478 e. The van der Waals surface area contributed by atoms with E-state index in [1.54, 1.807) is 0 Å². The first-order valence-corrected chi connectivity index (χ1v) is 5.78. The molecule has 0 fully saturated rings. The van der Waals surface area contributed by atoms with Crippen molar-refractivity contribution in [2.75, 3.05) is 18.5 Å². The van der Waals surface area contributed by atoms with E-state index in [0.29, 0.717) is 5.82 Å². The summed E-state index contributed by atoms with van der Waals surface area (Å²) in [6.45, 7) is 1.01. The number of carbonyl (C=O) groups is 1. The number of nitrogens with one attached hydrogen (secondary N) is 1. The number of aliphatic hydroxyl groups excluding tert-OH is 1. The number of hydrogen-bond acceptors (Lipinski definition) is 4. The van der Waals surface area contributed by atoms with Gasteiger partial charge in [0.1, 0.15) is 5.82 Å². The predicted octanol–water partition coefficient (Wildman–Crippen LogP) is 1.74. The minimum absolute atomic E-state index is 0.239. The number of aliphatic hydroxyl groups is 1. The van der Waals surface area contributed by atoms with Gasteiger partial charge in [0.15, 0.2) is 0 Å². The largest absolute Gasteiger partial charge is 0.478 e. The molecule has 0 bridgehead atoms. The van der Waals surface area contributed by atoms with Gasteiger partial charge < -0.3 is 15.5 Å². The van der Waals surface area contributed by atoms with Crippen LogP contribution in [0.2, 0.25) is 0 Å². The van der Waals surface area contributed by atoms with Crippen molar-refractivity contribution in [1.29, 1.82) is 0 Å². The average Bonchev–Trinajstić information content (AvgIpc) is 2.34. The van der Waals surface area contributed by atoms with Crippen LogP contribution in [-0.4, -0.2) is 34.3 Å². The number of pyridine rings is 1. The van der Waals surface area contributed by atoms with Gasteiger partial charge in [-0.25, -0.2) is 9.78 Å². The van der Waals surface area contributed by atoms with Crippen LogP contribution in [0.5, 0.6) is 0 Å². The summed E-state index contributed by atoms with van der Waals surface area (Å²) in [7, 11) is 0. The van der Waals surface area contributed by atoms with Gasteiger partial charge in [-0.15, -0.1) is 0 Å². The second kappa shape index (κ2) is 7.62. The molecule has 0 spiro atoms. The summed E-state index contributed by atoms with van der Waals surface area (Å²) in [4.78, 5) is 14.8. The lowest BCUT2D eigenvalue weighted by Gasteiger charge is -2.05. The van der Waals surface area contributed by atoms with Gasteiger partial charge in [-0.1, -0.05) is 12.8 Å². The quantitative estimate of drug-likeness (QED) is 0.601. The Labute approximate surface area is 101 Å². The number of unbranched alkanes of at least 4 members (excludes halogenated alkanes) is 3. The first kappa shape index (κ1) is 13.4. The van der Waals surface area contributed by atoms with Crippen molar-refractivity contribution >= 4 is 11.8 Å². The minimum atomic E-state index is -0.946. The molecule has 94 valence electrons. The van der Waals surface area contributed by atoms with Gasteiger partial charge in [0.25, 0.3) is 0 Å². The maximum Gasteiger partial charge on any atom is 0.335 e. The third-order valence-corrected chi connectivity index (χ3v) is 2.40. The third-order valence-electron chi connectivity index (χ3n) is 2.40. The monoisotopic (exact) mass is 238 g/mol. The molecular weight excluding hydrogens is 220 g/mol. The number of hydrogen-bond donors (Lipinski definition) is 3. The van der Waals surface area contributed by atoms with E-state index in [1.807, 2.05) is 0 Å². The second-order valence-corrected chi connectivity index (χ2v) is 3.80. The molecule has 0 aliphatic heterocycles. The van der Waals surface area contributed by atoms with Crippen molar-refractivity contribution in [2.24, 2.45) is 0 Å². The maximum absolute atomic E-state index is 10.7. The lowest BCUT2D eigenvalue weighted by molar-refractivity contribution is 0.0697. The van der Waals surface area contributed by atoms with Crippen LogP contribution < -0.4 is 5.32 Å². The lowest BCUT2D eigenvalue weighted by Crippen LogP contribution is -2.05. The number of nitrogens with zero attached hydrogens (tertiary/aromatic N) is 1. The Morgan fingerprint density at radius 3 is 2.76 bits per heavy atom. The molecule has 5 heteroatoms. The average molecular weight is 238 g/mol. The van der Waals surface area contributed by atoms with Crippen LogP contribution in [0.4, 0.5) is 5.82 Å². The van der Waals surface area contributed by atoms with Crippen LogP contribution in [0.25, 0.3) is 0 Å². The molecule has 1 rings (SSSR count). The molecule has 17 heavy (non-hydrogen) atoms. The molecule has 0 aliphatic rings. The highest BCUT2D eigenvalue weighted by Gasteiger charge is 2.03. The van der Waals surface area contributed by atoms with Crippen molar-refractivity contribution < 1.29 is 15.0 Å². The lowest BCUT2D eigenvalue weighted by atomic mass is 10.2. The Balaban J connectivity index is 2.27. The SMILES string of the molecule is O=C(O)c1ccnc(NCCCCCCO)c1. The van der Waals surface area contributed by atoms with E-state index >= 15 is 0 Å². The van der Waals surface area contributed by atoms with Crippen LogP contribution in [-0.2, 0) is 0 Å². The van der Waals surface area contributed by atoms with Crippen LogP contribution in [0.3, 0.4) is 0 Å². The molecule has 0 atom stereocenters. The number of rotatable bonds is 8. The first-order valence-electron chi connectivity index (χ1n) is 5.78. The van der Waals surface area contributed by atoms with E-state index in [4.69, 9.17) is 10.2 Å². The fraction of sp³-hybridized carbons (Fsp3) is 0.500. The van der Waals surface area contributed by atoms with Gasteiger partial charge in [0.05, 0.1) is 5.56 Å². The van der Waals surface area contributed by atoms with Crippen molar-refractivity contribution in [2.45, 2.75) is 25.7 Å². The number of anilines is 1. The molecule has 5 nitrogen and oxygen atoms in total. The van der Waals surface area contributed by atoms with Crippen molar-refractivity contribution in [3.63, 3.8) is 0 Å². The zero-order valence-electron chi connectivity index (χ0n) is 9.72. The van der Waals surface area contributed by atoms with Crippen LogP contribution >= 0.6 is 0 Å². The van der Waals surface area contributed by atoms with Gasteiger partial charge in [0, 0.05) is 19.3 Å². The summed E-state index contributed by atoms with van der Waals surface area (Å²) in [5.74, 6) is -0.356. The summed E-state index contributed by atoms with van der Waals surface area (Å²) in [5.41, 5.74) is 0.239. The predicted molar refractivity (Wildman–Crippen MR) is 65.2 cm³/mol. The molecular formula is C12H18N2O3. The molecule has 0 saturated carbocycles. The molecule has 0 radical (unpaired) electrons.